The second-order valence-corrected chi connectivity index (χ2v) is 8.32. The van der Waals surface area contributed by atoms with Crippen LogP contribution in [-0.2, 0) is 26.2 Å². The minimum atomic E-state index is -3.68. The Morgan fingerprint density at radius 1 is 1.12 bits per heavy atom. The van der Waals surface area contributed by atoms with E-state index in [4.69, 9.17) is 4.74 Å². The van der Waals surface area contributed by atoms with Crippen molar-refractivity contribution in [2.45, 2.75) is 33.4 Å². The van der Waals surface area contributed by atoms with Crippen molar-refractivity contribution < 1.29 is 17.9 Å². The summed E-state index contributed by atoms with van der Waals surface area (Å²) in [7, 11) is -3.68. The molecule has 1 aromatic heterocycles. The van der Waals surface area contributed by atoms with Crippen molar-refractivity contribution in [3.63, 3.8) is 0 Å². The summed E-state index contributed by atoms with van der Waals surface area (Å²) in [6.45, 7) is 5.25. The smallest absolute Gasteiger partial charge is 0.330 e. The molecular formula is C19H24N2O4S. The van der Waals surface area contributed by atoms with E-state index in [9.17, 15) is 13.2 Å². The van der Waals surface area contributed by atoms with Gasteiger partial charge in [0, 0.05) is 12.4 Å². The van der Waals surface area contributed by atoms with Crippen LogP contribution >= 0.6 is 0 Å². The van der Waals surface area contributed by atoms with E-state index in [-0.39, 0.29) is 18.3 Å². The van der Waals surface area contributed by atoms with E-state index in [2.05, 4.69) is 4.98 Å². The molecule has 0 radical (unpaired) electrons. The minimum absolute atomic E-state index is 0.0965. The quantitative estimate of drug-likeness (QED) is 0.662. The van der Waals surface area contributed by atoms with Gasteiger partial charge in [-0.25, -0.2) is 13.2 Å². The molecule has 0 spiro atoms. The summed E-state index contributed by atoms with van der Waals surface area (Å²) < 4.78 is 32.0. The maximum atomic E-state index is 12.8. The van der Waals surface area contributed by atoms with Crippen LogP contribution < -0.4 is 4.31 Å². The van der Waals surface area contributed by atoms with Gasteiger partial charge in [-0.2, -0.15) is 0 Å². The molecule has 0 amide bonds. The van der Waals surface area contributed by atoms with Crippen molar-refractivity contribution in [3.05, 3.63) is 60.4 Å². The fraction of sp³-hybridized carbons (Fsp3) is 0.368. The Morgan fingerprint density at radius 2 is 1.73 bits per heavy atom. The Kier molecular flexibility index (Phi) is 6.74. The van der Waals surface area contributed by atoms with Gasteiger partial charge in [-0.05, 0) is 30.5 Å². The number of nitrogens with zero attached hydrogens (tertiary/aromatic N) is 2. The minimum Gasteiger partial charge on any atom is -0.459 e. The van der Waals surface area contributed by atoms with Crippen LogP contribution in [0.5, 0.6) is 0 Å². The van der Waals surface area contributed by atoms with Gasteiger partial charge in [0.1, 0.15) is 12.6 Å². The fourth-order valence-electron chi connectivity index (χ4n) is 2.58. The third-order valence-corrected chi connectivity index (χ3v) is 5.70. The van der Waals surface area contributed by atoms with Gasteiger partial charge in [0.05, 0.1) is 11.4 Å². The molecule has 0 saturated carbocycles. The van der Waals surface area contributed by atoms with Crippen LogP contribution in [0.4, 0.5) is 5.69 Å². The number of carbonyl (C=O) groups is 1. The second kappa shape index (κ2) is 8.80. The van der Waals surface area contributed by atoms with E-state index in [0.29, 0.717) is 5.69 Å². The number of rotatable bonds is 8. The molecule has 26 heavy (non-hydrogen) atoms. The van der Waals surface area contributed by atoms with Crippen LogP contribution in [-0.4, -0.2) is 31.2 Å². The topological polar surface area (TPSA) is 76.6 Å². The Bertz CT molecular complexity index is 808. The van der Waals surface area contributed by atoms with Crippen molar-refractivity contribution in [1.82, 2.24) is 4.98 Å². The van der Waals surface area contributed by atoms with Crippen LogP contribution in [0.3, 0.4) is 0 Å². The predicted molar refractivity (Wildman–Crippen MR) is 101 cm³/mol. The maximum absolute atomic E-state index is 12.8. The molecule has 2 rings (SSSR count). The van der Waals surface area contributed by atoms with Crippen LogP contribution in [0.2, 0.25) is 0 Å². The summed E-state index contributed by atoms with van der Waals surface area (Å²) in [6, 6.07) is 11.5. The molecule has 0 bridgehead atoms. The van der Waals surface area contributed by atoms with E-state index in [1.165, 1.54) is 12.4 Å². The van der Waals surface area contributed by atoms with Crippen LogP contribution in [0.15, 0.2) is 54.9 Å². The van der Waals surface area contributed by atoms with E-state index in [0.717, 1.165) is 9.87 Å². The number of ether oxygens (including phenoxy) is 1. The van der Waals surface area contributed by atoms with Crippen LogP contribution in [0.1, 0.15) is 26.3 Å². The van der Waals surface area contributed by atoms with E-state index in [1.54, 1.807) is 32.9 Å². The van der Waals surface area contributed by atoms with Crippen molar-refractivity contribution in [2.24, 2.45) is 5.92 Å². The molecule has 0 aliphatic heterocycles. The Balaban J connectivity index is 2.33. The number of aromatic nitrogens is 1. The van der Waals surface area contributed by atoms with Crippen LogP contribution in [0, 0.1) is 5.92 Å². The largest absolute Gasteiger partial charge is 0.459 e. The third-order valence-electron chi connectivity index (χ3n) is 3.93. The molecule has 0 aliphatic rings. The molecule has 0 aliphatic carbocycles. The number of hydrogen-bond donors (Lipinski definition) is 0. The molecule has 1 unspecified atom stereocenters. The molecule has 140 valence electrons. The highest BCUT2D eigenvalue weighted by Crippen LogP contribution is 2.25. The monoisotopic (exact) mass is 376 g/mol. The van der Waals surface area contributed by atoms with E-state index < -0.39 is 22.0 Å². The standard InChI is InChI=1S/C19H24N2O4S/c1-4-26(23,24)21(17-10-12-20-13-11-17)18(15(2)3)19(22)25-14-16-8-6-5-7-9-16/h5-13,15,18H,4,14H2,1-3H3. The van der Waals surface area contributed by atoms with Crippen LogP contribution in [0.25, 0.3) is 0 Å². The number of pyridine rings is 1. The first kappa shape index (κ1) is 19.9. The number of benzene rings is 1. The lowest BCUT2D eigenvalue weighted by Crippen LogP contribution is -2.49. The lowest BCUT2D eigenvalue weighted by Gasteiger charge is -2.33. The maximum Gasteiger partial charge on any atom is 0.330 e. The summed E-state index contributed by atoms with van der Waals surface area (Å²) in [4.78, 5) is 16.7. The summed E-state index contributed by atoms with van der Waals surface area (Å²) in [5.74, 6) is -0.963. The SMILES string of the molecule is CCS(=O)(=O)N(c1ccncc1)C(C(=O)OCc1ccccc1)C(C)C. The fourth-order valence-corrected chi connectivity index (χ4v) is 3.97. The van der Waals surface area contributed by atoms with Crippen molar-refractivity contribution in [2.75, 3.05) is 10.1 Å². The van der Waals surface area contributed by atoms with E-state index in [1.807, 2.05) is 30.3 Å². The zero-order valence-electron chi connectivity index (χ0n) is 15.2. The lowest BCUT2D eigenvalue weighted by molar-refractivity contribution is -0.147. The lowest BCUT2D eigenvalue weighted by atomic mass is 10.0. The van der Waals surface area contributed by atoms with Gasteiger partial charge in [-0.1, -0.05) is 44.2 Å². The van der Waals surface area contributed by atoms with E-state index >= 15 is 0 Å². The molecule has 1 aromatic carbocycles. The number of anilines is 1. The summed E-state index contributed by atoms with van der Waals surface area (Å²) in [6.07, 6.45) is 3.00. The molecule has 2 aromatic rings. The van der Waals surface area contributed by atoms with Gasteiger partial charge in [0.15, 0.2) is 0 Å². The first-order chi connectivity index (χ1) is 12.4. The number of carbonyl (C=O) groups excluding carboxylic acids is 1. The summed E-state index contributed by atoms with van der Waals surface area (Å²) in [5.41, 5.74) is 1.24. The number of esters is 1. The zero-order chi connectivity index (χ0) is 19.2. The van der Waals surface area contributed by atoms with Gasteiger partial charge in [0.2, 0.25) is 10.0 Å². The summed E-state index contributed by atoms with van der Waals surface area (Å²) in [5, 5.41) is 0. The molecular weight excluding hydrogens is 352 g/mol. The van der Waals surface area contributed by atoms with Gasteiger partial charge in [0.25, 0.3) is 0 Å². The normalized spacial score (nSPS) is 12.6. The highest BCUT2D eigenvalue weighted by atomic mass is 32.2. The first-order valence-electron chi connectivity index (χ1n) is 8.49. The molecule has 7 heteroatoms. The van der Waals surface area contributed by atoms with Gasteiger partial charge in [-0.3, -0.25) is 9.29 Å². The molecule has 1 atom stereocenters. The Morgan fingerprint density at radius 3 is 2.27 bits per heavy atom. The first-order valence-corrected chi connectivity index (χ1v) is 10.1. The third kappa shape index (κ3) is 4.82. The zero-order valence-corrected chi connectivity index (χ0v) is 16.0. The van der Waals surface area contributed by atoms with Crippen molar-refractivity contribution >= 4 is 21.7 Å². The van der Waals surface area contributed by atoms with Gasteiger partial charge < -0.3 is 4.74 Å². The van der Waals surface area contributed by atoms with Gasteiger partial charge in [-0.15, -0.1) is 0 Å². The van der Waals surface area contributed by atoms with Crippen molar-refractivity contribution in [1.29, 1.82) is 0 Å². The molecule has 0 fully saturated rings. The highest BCUT2D eigenvalue weighted by molar-refractivity contribution is 7.92. The molecule has 6 nitrogen and oxygen atoms in total. The average molecular weight is 376 g/mol. The number of hydrogen-bond acceptors (Lipinski definition) is 5. The summed E-state index contributed by atoms with van der Waals surface area (Å²) >= 11 is 0. The predicted octanol–water partition coefficient (Wildman–Crippen LogP) is 3.01. The second-order valence-electron chi connectivity index (χ2n) is 6.18. The molecule has 1 heterocycles. The molecule has 0 N–H and O–H groups in total. The van der Waals surface area contributed by atoms with Gasteiger partial charge >= 0.3 is 5.97 Å². The number of sulfonamides is 1. The average Bonchev–Trinajstić information content (AvgIpc) is 2.65. The Labute approximate surface area is 154 Å². The van der Waals surface area contributed by atoms with Crippen molar-refractivity contribution in [3.8, 4) is 0 Å². The highest BCUT2D eigenvalue weighted by Gasteiger charge is 2.37. The Hall–Kier alpha value is -2.41. The molecule has 0 saturated heterocycles.